The van der Waals surface area contributed by atoms with E-state index < -0.39 is 32.3 Å². The Morgan fingerprint density at radius 1 is 1.24 bits per heavy atom. The van der Waals surface area contributed by atoms with E-state index in [1.165, 1.54) is 0 Å². The normalized spacial score (nSPS) is 11.3. The highest BCUT2D eigenvalue weighted by atomic mass is 32.2. The summed E-state index contributed by atoms with van der Waals surface area (Å²) in [4.78, 5) is 10.1. The number of aromatic carboxylic acids is 1. The monoisotopic (exact) mass is 366 g/mol. The van der Waals surface area contributed by atoms with Gasteiger partial charge in [0.2, 0.25) is 10.0 Å². The summed E-state index contributed by atoms with van der Waals surface area (Å²) in [6.07, 6.45) is 0.331. The van der Waals surface area contributed by atoms with Gasteiger partial charge in [0.15, 0.2) is 0 Å². The number of carbonyl (C=O) groups is 1. The summed E-state index contributed by atoms with van der Waals surface area (Å²) in [5.41, 5.74) is 0.388. The van der Waals surface area contributed by atoms with Crippen molar-refractivity contribution in [1.29, 1.82) is 0 Å². The van der Waals surface area contributed by atoms with Gasteiger partial charge < -0.3 is 14.6 Å². The van der Waals surface area contributed by atoms with E-state index in [1.807, 2.05) is 6.92 Å². The van der Waals surface area contributed by atoms with Crippen molar-refractivity contribution in [3.8, 4) is 5.75 Å². The maximum Gasteiger partial charge on any atom is 0.243 e. The number of carboxylic acids is 1. The molecule has 0 saturated heterocycles. The van der Waals surface area contributed by atoms with E-state index in [-0.39, 0.29) is 6.54 Å². The molecule has 0 aliphatic rings. The van der Waals surface area contributed by atoms with Crippen LogP contribution in [0.4, 0.5) is 4.39 Å². The van der Waals surface area contributed by atoms with Gasteiger partial charge in [-0.25, -0.2) is 17.5 Å². The van der Waals surface area contributed by atoms with E-state index in [1.54, 1.807) is 24.3 Å². The highest BCUT2D eigenvalue weighted by Crippen LogP contribution is 2.19. The summed E-state index contributed by atoms with van der Waals surface area (Å²) in [6, 6.07) is 9.65. The van der Waals surface area contributed by atoms with E-state index in [4.69, 9.17) is 4.74 Å². The van der Waals surface area contributed by atoms with Gasteiger partial charge >= 0.3 is 0 Å². The number of hydrogen-bond donors (Lipinski definition) is 1. The van der Waals surface area contributed by atoms with Gasteiger partial charge in [-0.15, -0.1) is 0 Å². The van der Waals surface area contributed by atoms with Gasteiger partial charge in [0, 0.05) is 6.54 Å². The van der Waals surface area contributed by atoms with Crippen molar-refractivity contribution < 1.29 is 27.4 Å². The van der Waals surface area contributed by atoms with Crippen molar-refractivity contribution in [1.82, 2.24) is 4.72 Å². The predicted molar refractivity (Wildman–Crippen MR) is 87.2 cm³/mol. The van der Waals surface area contributed by atoms with Crippen LogP contribution >= 0.6 is 0 Å². The first-order chi connectivity index (χ1) is 11.8. The van der Waals surface area contributed by atoms with E-state index in [2.05, 4.69) is 4.72 Å². The second kappa shape index (κ2) is 8.09. The molecule has 0 aliphatic carbocycles. The Morgan fingerprint density at radius 3 is 2.64 bits per heavy atom. The first kappa shape index (κ1) is 18.9. The molecule has 0 bridgehead atoms. The summed E-state index contributed by atoms with van der Waals surface area (Å²) >= 11 is 0. The molecule has 0 atom stereocenters. The Morgan fingerprint density at radius 2 is 1.96 bits per heavy atom. The van der Waals surface area contributed by atoms with Crippen molar-refractivity contribution in [2.45, 2.75) is 18.2 Å². The van der Waals surface area contributed by atoms with Crippen molar-refractivity contribution in [3.63, 3.8) is 0 Å². The zero-order valence-electron chi connectivity index (χ0n) is 13.5. The van der Waals surface area contributed by atoms with Gasteiger partial charge in [0.1, 0.15) is 16.5 Å². The van der Waals surface area contributed by atoms with Crippen molar-refractivity contribution >= 4 is 16.0 Å². The van der Waals surface area contributed by atoms with Gasteiger partial charge in [-0.2, -0.15) is 0 Å². The maximum atomic E-state index is 13.8. The second-order valence-corrected chi connectivity index (χ2v) is 6.86. The minimum atomic E-state index is -4.20. The van der Waals surface area contributed by atoms with Crippen molar-refractivity contribution in [2.24, 2.45) is 0 Å². The molecule has 6 nitrogen and oxygen atoms in total. The third kappa shape index (κ3) is 4.77. The zero-order chi connectivity index (χ0) is 18.4. The Balaban J connectivity index is 2.13. The summed E-state index contributed by atoms with van der Waals surface area (Å²) in [7, 11) is -4.20. The number of rotatable bonds is 8. The van der Waals surface area contributed by atoms with E-state index in [0.29, 0.717) is 18.8 Å². The molecule has 0 amide bonds. The second-order valence-electron chi connectivity index (χ2n) is 5.12. The molecule has 134 valence electrons. The quantitative estimate of drug-likeness (QED) is 0.755. The molecule has 0 aromatic heterocycles. The summed E-state index contributed by atoms with van der Waals surface area (Å²) in [5, 5.41) is 10.8. The number of ether oxygens (including phenoxy) is 1. The number of nitrogens with one attached hydrogen (secondary N) is 1. The number of para-hydroxylation sites is 1. The highest BCUT2D eigenvalue weighted by molar-refractivity contribution is 7.89. The standard InChI is InChI=1S/C17H18FNO5S/c1-2-24-15-6-4-3-5-12(15)9-10-19-25(22,23)16-11-13(17(20)21)7-8-14(16)18/h3-8,11,19H,2,9-10H2,1H3,(H,20,21)/p-1. The van der Waals surface area contributed by atoms with Gasteiger partial charge in [0.05, 0.1) is 12.6 Å². The average molecular weight is 366 g/mol. The lowest BCUT2D eigenvalue weighted by atomic mass is 10.1. The Hall–Kier alpha value is -2.45. The van der Waals surface area contributed by atoms with Crippen LogP contribution in [0, 0.1) is 5.82 Å². The lowest BCUT2D eigenvalue weighted by Crippen LogP contribution is -2.28. The van der Waals surface area contributed by atoms with E-state index >= 15 is 0 Å². The first-order valence-electron chi connectivity index (χ1n) is 7.56. The molecule has 0 unspecified atom stereocenters. The van der Waals surface area contributed by atoms with Gasteiger partial charge in [-0.1, -0.05) is 24.3 Å². The topological polar surface area (TPSA) is 95.5 Å². The number of halogens is 1. The van der Waals surface area contributed by atoms with Crippen molar-refractivity contribution in [2.75, 3.05) is 13.2 Å². The van der Waals surface area contributed by atoms with Gasteiger partial charge in [-0.3, -0.25) is 0 Å². The molecule has 0 spiro atoms. The molecule has 0 saturated carbocycles. The number of carboxylic acid groups (broad SMARTS) is 1. The SMILES string of the molecule is CCOc1ccccc1CCNS(=O)(=O)c1cc(C(=O)[O-])ccc1F. The minimum Gasteiger partial charge on any atom is -0.545 e. The molecule has 0 aliphatic heterocycles. The average Bonchev–Trinajstić information content (AvgIpc) is 2.56. The summed E-state index contributed by atoms with van der Waals surface area (Å²) in [5.74, 6) is -1.97. The van der Waals surface area contributed by atoms with Crippen molar-refractivity contribution in [3.05, 3.63) is 59.4 Å². The smallest absolute Gasteiger partial charge is 0.243 e. The van der Waals surface area contributed by atoms with Gasteiger partial charge in [-0.05, 0) is 42.7 Å². The van der Waals surface area contributed by atoms with Crippen LogP contribution in [0.25, 0.3) is 0 Å². The molecular weight excluding hydrogens is 349 g/mol. The van der Waals surface area contributed by atoms with Crippen LogP contribution in [0.3, 0.4) is 0 Å². The van der Waals surface area contributed by atoms with Crippen LogP contribution in [0.15, 0.2) is 47.4 Å². The fourth-order valence-corrected chi connectivity index (χ4v) is 3.37. The molecule has 8 heteroatoms. The van der Waals surface area contributed by atoms with E-state index in [0.717, 1.165) is 23.8 Å². The highest BCUT2D eigenvalue weighted by Gasteiger charge is 2.19. The summed E-state index contributed by atoms with van der Waals surface area (Å²) < 4.78 is 46.0. The molecule has 0 fully saturated rings. The first-order valence-corrected chi connectivity index (χ1v) is 9.04. The maximum absolute atomic E-state index is 13.8. The van der Waals surface area contributed by atoms with Crippen LogP contribution in [-0.4, -0.2) is 27.5 Å². The van der Waals surface area contributed by atoms with Crippen LogP contribution < -0.4 is 14.6 Å². The molecule has 2 aromatic carbocycles. The Kier molecular flexibility index (Phi) is 6.11. The molecule has 1 N–H and O–H groups in total. The Labute approximate surface area is 145 Å². The number of benzene rings is 2. The van der Waals surface area contributed by atoms with Gasteiger partial charge in [0.25, 0.3) is 0 Å². The number of sulfonamides is 1. The van der Waals surface area contributed by atoms with Crippen LogP contribution in [0.5, 0.6) is 5.75 Å². The van der Waals surface area contributed by atoms with Crippen LogP contribution in [0.2, 0.25) is 0 Å². The lowest BCUT2D eigenvalue weighted by molar-refractivity contribution is -0.255. The fourth-order valence-electron chi connectivity index (χ4n) is 2.24. The molecule has 2 aromatic rings. The largest absolute Gasteiger partial charge is 0.545 e. The molecule has 25 heavy (non-hydrogen) atoms. The molecule has 0 radical (unpaired) electrons. The lowest BCUT2D eigenvalue weighted by Gasteiger charge is -2.12. The number of carbonyl (C=O) groups excluding carboxylic acids is 1. The predicted octanol–water partition coefficient (Wildman–Crippen LogP) is 1.11. The fraction of sp³-hybridized carbons (Fsp3) is 0.235. The molecule has 2 rings (SSSR count). The minimum absolute atomic E-state index is 0.00140. The van der Waals surface area contributed by atoms with Crippen LogP contribution in [0.1, 0.15) is 22.8 Å². The molecule has 0 heterocycles. The number of hydrogen-bond acceptors (Lipinski definition) is 5. The summed E-state index contributed by atoms with van der Waals surface area (Å²) in [6.45, 7) is 2.32. The zero-order valence-corrected chi connectivity index (χ0v) is 14.3. The molecular formula is C17H17FNO5S-. The van der Waals surface area contributed by atoms with Crippen LogP contribution in [-0.2, 0) is 16.4 Å². The third-order valence-corrected chi connectivity index (χ3v) is 4.89. The van der Waals surface area contributed by atoms with E-state index in [9.17, 15) is 22.7 Å². The Bertz CT molecular complexity index is 867. The third-order valence-electron chi connectivity index (χ3n) is 3.42.